The molecule has 2 atom stereocenters. The summed E-state index contributed by atoms with van der Waals surface area (Å²) in [5.41, 5.74) is 9.95. The van der Waals surface area contributed by atoms with E-state index in [2.05, 4.69) is 25.1 Å². The zero-order valence-electron chi connectivity index (χ0n) is 17.4. The summed E-state index contributed by atoms with van der Waals surface area (Å²) in [6.45, 7) is 1.56. The normalized spacial score (nSPS) is 20.0. The quantitative estimate of drug-likeness (QED) is 0.362. The molecule has 6 heterocycles. The van der Waals surface area contributed by atoms with E-state index in [-0.39, 0.29) is 23.4 Å². The molecular weight excluding hydrogens is 423 g/mol. The van der Waals surface area contributed by atoms with Crippen molar-refractivity contribution in [2.24, 2.45) is 0 Å². The summed E-state index contributed by atoms with van der Waals surface area (Å²) >= 11 is 0. The van der Waals surface area contributed by atoms with Crippen molar-refractivity contribution in [1.82, 2.24) is 20.2 Å². The predicted octanol–water partition coefficient (Wildman–Crippen LogP) is 3.32. The van der Waals surface area contributed by atoms with Gasteiger partial charge >= 0.3 is 0 Å². The van der Waals surface area contributed by atoms with E-state index in [9.17, 15) is 9.18 Å². The molecule has 0 spiro atoms. The van der Waals surface area contributed by atoms with Gasteiger partial charge in [-0.15, -0.1) is 0 Å². The van der Waals surface area contributed by atoms with Crippen LogP contribution in [0.3, 0.4) is 0 Å². The fourth-order valence-electron chi connectivity index (χ4n) is 5.31. The van der Waals surface area contributed by atoms with Crippen molar-refractivity contribution in [1.29, 1.82) is 0 Å². The van der Waals surface area contributed by atoms with Crippen LogP contribution in [0.25, 0.3) is 43.8 Å². The van der Waals surface area contributed by atoms with E-state index in [0.717, 1.165) is 41.5 Å². The van der Waals surface area contributed by atoms with E-state index in [0.29, 0.717) is 22.0 Å². The molecule has 3 aliphatic heterocycles. The number of aromatic nitrogens is 4. The van der Waals surface area contributed by atoms with Crippen LogP contribution < -0.4 is 16.2 Å². The largest absolute Gasteiger partial charge is 0.394 e. The highest BCUT2D eigenvalue weighted by molar-refractivity contribution is 6.17. The highest BCUT2D eigenvalue weighted by atomic mass is 19.1. The van der Waals surface area contributed by atoms with Crippen LogP contribution in [0.4, 0.5) is 15.8 Å². The van der Waals surface area contributed by atoms with Gasteiger partial charge in [0.2, 0.25) is 0 Å². The summed E-state index contributed by atoms with van der Waals surface area (Å²) in [6, 6.07) is 8.84. The Hall–Kier alpha value is -3.98. The molecule has 4 N–H and O–H groups in total. The molecule has 0 amide bonds. The van der Waals surface area contributed by atoms with E-state index in [1.54, 1.807) is 18.5 Å². The van der Waals surface area contributed by atoms with Crippen LogP contribution in [0.15, 0.2) is 47.5 Å². The number of rotatable bonds is 2. The second-order valence-corrected chi connectivity index (χ2v) is 8.74. The molecule has 164 valence electrons. The number of nitrogens with one attached hydrogen (secondary N) is 2. The van der Waals surface area contributed by atoms with Gasteiger partial charge in [0.1, 0.15) is 17.0 Å². The van der Waals surface area contributed by atoms with Crippen LogP contribution in [-0.2, 0) is 4.74 Å². The minimum atomic E-state index is -0.415. The number of benzene rings is 2. The monoisotopic (exact) mass is 442 g/mol. The topological polar surface area (TPSA) is 113 Å². The second kappa shape index (κ2) is 6.52. The van der Waals surface area contributed by atoms with Crippen LogP contribution >= 0.6 is 0 Å². The standard InChI is InChI=1S/C24H19FN6O2/c25-17-4-3-13(16-8-28-30-22(16)17)19-15-7-18(31-9-11-6-12(10-31)33-11)23-14(2-1-5-27-23)21(15)29-24(32)20(19)26/h1-5,7-8,11-12H,6,9-10,26H2,(H,28,30)(H,29,32). The van der Waals surface area contributed by atoms with Crippen molar-refractivity contribution in [3.05, 3.63) is 58.9 Å². The Labute approximate surface area is 186 Å². The molecule has 2 unspecified atom stereocenters. The van der Waals surface area contributed by atoms with Gasteiger partial charge < -0.3 is 20.4 Å². The number of hydrogen-bond acceptors (Lipinski definition) is 6. The van der Waals surface area contributed by atoms with E-state index in [4.69, 9.17) is 10.5 Å². The van der Waals surface area contributed by atoms with Crippen molar-refractivity contribution >= 4 is 44.1 Å². The average molecular weight is 442 g/mol. The summed E-state index contributed by atoms with van der Waals surface area (Å²) in [5, 5.41) is 8.88. The third-order valence-electron chi connectivity index (χ3n) is 6.83. The first-order valence-electron chi connectivity index (χ1n) is 10.8. The Morgan fingerprint density at radius 2 is 1.94 bits per heavy atom. The second-order valence-electron chi connectivity index (χ2n) is 8.74. The molecule has 8 nitrogen and oxygen atoms in total. The zero-order chi connectivity index (χ0) is 22.3. The van der Waals surface area contributed by atoms with Crippen molar-refractivity contribution in [2.75, 3.05) is 23.7 Å². The minimum absolute atomic E-state index is 0.0793. The molecule has 0 aliphatic carbocycles. The van der Waals surface area contributed by atoms with Crippen molar-refractivity contribution in [2.45, 2.75) is 18.6 Å². The van der Waals surface area contributed by atoms with Gasteiger partial charge in [-0.05, 0) is 29.8 Å². The maximum atomic E-state index is 14.4. The number of fused-ring (bicyclic) bond motifs is 6. The number of nitrogens with two attached hydrogens (primary N) is 1. The lowest BCUT2D eigenvalue weighted by atomic mass is 9.93. The van der Waals surface area contributed by atoms with Crippen molar-refractivity contribution in [3.63, 3.8) is 0 Å². The number of piperidine rings is 1. The first-order chi connectivity index (χ1) is 16.1. The van der Waals surface area contributed by atoms with Crippen LogP contribution in [-0.4, -0.2) is 45.5 Å². The minimum Gasteiger partial charge on any atom is -0.394 e. The van der Waals surface area contributed by atoms with E-state index in [1.165, 1.54) is 6.07 Å². The maximum absolute atomic E-state index is 14.4. The highest BCUT2D eigenvalue weighted by Crippen LogP contribution is 2.42. The molecular formula is C24H19FN6O2. The van der Waals surface area contributed by atoms with Gasteiger partial charge in [-0.25, -0.2) is 4.39 Å². The lowest BCUT2D eigenvalue weighted by molar-refractivity contribution is -0.133. The van der Waals surface area contributed by atoms with Crippen molar-refractivity contribution < 1.29 is 9.13 Å². The van der Waals surface area contributed by atoms with Crippen LogP contribution in [0.1, 0.15) is 6.42 Å². The number of nitrogen functional groups attached to an aromatic ring is 1. The number of nitrogens with zero attached hydrogens (tertiary/aromatic N) is 3. The molecule has 3 aromatic heterocycles. The lowest BCUT2D eigenvalue weighted by Gasteiger charge is -2.48. The average Bonchev–Trinajstić information content (AvgIpc) is 3.31. The summed E-state index contributed by atoms with van der Waals surface area (Å²) in [6.07, 6.45) is 4.83. The number of hydrogen-bond donors (Lipinski definition) is 3. The van der Waals surface area contributed by atoms with Gasteiger partial charge in [-0.1, -0.05) is 6.07 Å². The van der Waals surface area contributed by atoms with E-state index < -0.39 is 11.4 Å². The molecule has 3 fully saturated rings. The number of aromatic amines is 2. The molecule has 0 radical (unpaired) electrons. The number of halogens is 1. The highest BCUT2D eigenvalue weighted by Gasteiger charge is 2.39. The van der Waals surface area contributed by atoms with E-state index in [1.807, 2.05) is 18.2 Å². The van der Waals surface area contributed by atoms with Crippen molar-refractivity contribution in [3.8, 4) is 11.1 Å². The summed E-state index contributed by atoms with van der Waals surface area (Å²) < 4.78 is 20.2. The van der Waals surface area contributed by atoms with Crippen LogP contribution in [0.2, 0.25) is 0 Å². The number of pyridine rings is 2. The molecule has 9 heteroatoms. The first kappa shape index (κ1) is 18.6. The summed E-state index contributed by atoms with van der Waals surface area (Å²) in [5.74, 6) is -0.415. The van der Waals surface area contributed by atoms with Gasteiger partial charge in [0.25, 0.3) is 5.56 Å². The third kappa shape index (κ3) is 2.56. The Kier molecular flexibility index (Phi) is 3.67. The molecule has 3 aliphatic rings. The number of anilines is 2. The van der Waals surface area contributed by atoms with Crippen LogP contribution in [0.5, 0.6) is 0 Å². The Bertz CT molecular complexity index is 1640. The van der Waals surface area contributed by atoms with Gasteiger partial charge in [0, 0.05) is 47.4 Å². The molecule has 8 rings (SSSR count). The SMILES string of the molecule is Nc1c(-c2ccc(F)c3[nH]ncc23)c2cc(N3CC4CC(C3)O4)c3ncccc3c2[nH]c1=O. The van der Waals surface area contributed by atoms with Gasteiger partial charge in [-0.3, -0.25) is 14.9 Å². The summed E-state index contributed by atoms with van der Waals surface area (Å²) in [4.78, 5) is 22.8. The van der Waals surface area contributed by atoms with Crippen LogP contribution in [0, 0.1) is 5.82 Å². The zero-order valence-corrected chi connectivity index (χ0v) is 17.4. The number of H-pyrrole nitrogens is 2. The van der Waals surface area contributed by atoms with Gasteiger partial charge in [-0.2, -0.15) is 5.10 Å². The van der Waals surface area contributed by atoms with Gasteiger partial charge in [0.15, 0.2) is 0 Å². The van der Waals surface area contributed by atoms with Gasteiger partial charge in [0.05, 0.1) is 35.1 Å². The lowest BCUT2D eigenvalue weighted by Crippen LogP contribution is -2.57. The number of morpholine rings is 1. The first-order valence-corrected chi connectivity index (χ1v) is 10.8. The van der Waals surface area contributed by atoms with E-state index >= 15 is 0 Å². The Balaban J connectivity index is 1.60. The molecule has 5 aromatic rings. The molecule has 2 bridgehead atoms. The Morgan fingerprint density at radius 3 is 2.76 bits per heavy atom. The fourth-order valence-corrected chi connectivity index (χ4v) is 5.31. The molecule has 2 aromatic carbocycles. The fraction of sp³-hybridized carbons (Fsp3) is 0.208. The summed E-state index contributed by atoms with van der Waals surface area (Å²) in [7, 11) is 0. The number of ether oxygens (including phenoxy) is 1. The maximum Gasteiger partial charge on any atom is 0.272 e. The smallest absolute Gasteiger partial charge is 0.272 e. The third-order valence-corrected chi connectivity index (χ3v) is 6.83. The predicted molar refractivity (Wildman–Crippen MR) is 125 cm³/mol. The Morgan fingerprint density at radius 1 is 1.12 bits per heavy atom. The molecule has 3 saturated heterocycles. The molecule has 33 heavy (non-hydrogen) atoms. The molecule has 0 saturated carbocycles.